The molecule has 6 nitrogen and oxygen atoms in total. The summed E-state index contributed by atoms with van der Waals surface area (Å²) >= 11 is 7.55. The molecule has 0 saturated heterocycles. The first-order valence-electron chi connectivity index (χ1n) is 8.20. The van der Waals surface area contributed by atoms with Gasteiger partial charge in [0.1, 0.15) is 5.69 Å². The van der Waals surface area contributed by atoms with Crippen molar-refractivity contribution in [1.82, 2.24) is 20.3 Å². The monoisotopic (exact) mass is 389 g/mol. The fourth-order valence-corrected chi connectivity index (χ4v) is 3.98. The van der Waals surface area contributed by atoms with E-state index < -0.39 is 0 Å². The maximum absolute atomic E-state index is 12.7. The molecule has 3 aromatic rings. The minimum Gasteiger partial charge on any atom is -0.347 e. The third-order valence-corrected chi connectivity index (χ3v) is 5.43. The Balaban J connectivity index is 1.77. The van der Waals surface area contributed by atoms with E-state index >= 15 is 0 Å². The molecule has 0 unspecified atom stereocenters. The number of nitrogens with one attached hydrogen (secondary N) is 1. The Labute approximate surface area is 161 Å². The first kappa shape index (κ1) is 18.6. The highest BCUT2D eigenvalue weighted by Gasteiger charge is 2.20. The Morgan fingerprint density at radius 1 is 1.38 bits per heavy atom. The summed E-state index contributed by atoms with van der Waals surface area (Å²) in [6, 6.07) is 11.7. The highest BCUT2D eigenvalue weighted by Crippen LogP contribution is 2.33. The van der Waals surface area contributed by atoms with Crippen LogP contribution in [0.4, 0.5) is 0 Å². The smallest absolute Gasteiger partial charge is 0.261 e. The number of halogens is 1. The molecule has 1 atom stereocenters. The largest absolute Gasteiger partial charge is 0.347 e. The molecule has 0 aliphatic heterocycles. The van der Waals surface area contributed by atoms with E-state index in [1.807, 2.05) is 43.3 Å². The van der Waals surface area contributed by atoms with E-state index in [1.54, 1.807) is 11.7 Å². The van der Waals surface area contributed by atoms with Gasteiger partial charge in [0.25, 0.3) is 5.91 Å². The van der Waals surface area contributed by atoms with Crippen LogP contribution in [0.1, 0.15) is 20.1 Å². The van der Waals surface area contributed by atoms with Crippen molar-refractivity contribution in [2.45, 2.75) is 19.4 Å². The fraction of sp³-hybridized carbons (Fsp3) is 0.278. The number of carbonyl (C=O) groups excluding carboxylic acids is 1. The van der Waals surface area contributed by atoms with Gasteiger partial charge in [-0.3, -0.25) is 4.79 Å². The summed E-state index contributed by atoms with van der Waals surface area (Å²) in [6.07, 6.45) is 0.692. The number of amides is 1. The Bertz CT molecular complexity index is 886. The lowest BCUT2D eigenvalue weighted by Gasteiger charge is -2.16. The van der Waals surface area contributed by atoms with Gasteiger partial charge in [-0.1, -0.05) is 47.1 Å². The molecule has 26 heavy (non-hydrogen) atoms. The SMILES string of the molecule is Cc1sc(C(=O)N[C@H](CN)Cc2ccccc2)cc1-c1c(Cl)nnn1C. The molecule has 2 aromatic heterocycles. The standard InChI is InChI=1S/C18H20ClN5OS/c1-11-14(16-17(19)22-23-24(16)2)9-15(26-11)18(25)21-13(10-20)8-12-6-4-3-5-7-12/h3-7,9,13H,8,10,20H2,1-2H3,(H,21,25)/t13-/m0/s1. The molecule has 1 aromatic carbocycles. The molecule has 0 aliphatic carbocycles. The summed E-state index contributed by atoms with van der Waals surface area (Å²) < 4.78 is 1.61. The van der Waals surface area contributed by atoms with Crippen LogP contribution in [-0.4, -0.2) is 33.5 Å². The Hall–Kier alpha value is -2.22. The maximum Gasteiger partial charge on any atom is 0.261 e. The van der Waals surface area contributed by atoms with Crippen molar-refractivity contribution in [3.05, 3.63) is 56.9 Å². The first-order chi connectivity index (χ1) is 12.5. The van der Waals surface area contributed by atoms with Crippen LogP contribution in [0.5, 0.6) is 0 Å². The highest BCUT2D eigenvalue weighted by molar-refractivity contribution is 7.14. The van der Waals surface area contributed by atoms with Gasteiger partial charge >= 0.3 is 0 Å². The second-order valence-corrected chi connectivity index (χ2v) is 7.64. The zero-order chi connectivity index (χ0) is 18.7. The van der Waals surface area contributed by atoms with Gasteiger partial charge in [0.2, 0.25) is 0 Å². The van der Waals surface area contributed by atoms with Crippen molar-refractivity contribution in [2.24, 2.45) is 12.8 Å². The van der Waals surface area contributed by atoms with E-state index in [1.165, 1.54) is 11.3 Å². The fourth-order valence-electron chi connectivity index (χ4n) is 2.79. The number of thiophene rings is 1. The minimum atomic E-state index is -0.137. The van der Waals surface area contributed by atoms with Crippen LogP contribution in [0.2, 0.25) is 5.15 Å². The lowest BCUT2D eigenvalue weighted by molar-refractivity contribution is 0.0942. The second-order valence-electron chi connectivity index (χ2n) is 6.03. The zero-order valence-electron chi connectivity index (χ0n) is 14.6. The molecule has 8 heteroatoms. The number of benzene rings is 1. The van der Waals surface area contributed by atoms with Gasteiger partial charge in [0.15, 0.2) is 5.15 Å². The number of aromatic nitrogens is 3. The van der Waals surface area contributed by atoms with Crippen LogP contribution in [0, 0.1) is 6.92 Å². The average Bonchev–Trinajstić information content (AvgIpc) is 3.17. The summed E-state index contributed by atoms with van der Waals surface area (Å²) in [5, 5.41) is 11.1. The molecule has 0 fully saturated rings. The topological polar surface area (TPSA) is 85.8 Å². The van der Waals surface area contributed by atoms with Crippen LogP contribution in [0.15, 0.2) is 36.4 Å². The van der Waals surface area contributed by atoms with E-state index in [-0.39, 0.29) is 11.9 Å². The molecule has 3 rings (SSSR count). The van der Waals surface area contributed by atoms with Gasteiger partial charge < -0.3 is 11.1 Å². The number of carbonyl (C=O) groups is 1. The maximum atomic E-state index is 12.7. The van der Waals surface area contributed by atoms with Crippen LogP contribution in [0.25, 0.3) is 11.3 Å². The Morgan fingerprint density at radius 3 is 2.73 bits per heavy atom. The summed E-state index contributed by atoms with van der Waals surface area (Å²) in [7, 11) is 1.77. The molecule has 0 saturated carbocycles. The first-order valence-corrected chi connectivity index (χ1v) is 9.40. The lowest BCUT2D eigenvalue weighted by Crippen LogP contribution is -2.41. The number of nitrogens with two attached hydrogens (primary N) is 1. The molecule has 0 aliphatic rings. The van der Waals surface area contributed by atoms with E-state index in [9.17, 15) is 4.79 Å². The predicted octanol–water partition coefficient (Wildman–Crippen LogP) is 2.81. The number of rotatable bonds is 6. The number of aryl methyl sites for hydroxylation is 2. The summed E-state index contributed by atoms with van der Waals surface area (Å²) in [5.41, 5.74) is 8.56. The van der Waals surface area contributed by atoms with Crippen LogP contribution in [-0.2, 0) is 13.5 Å². The number of hydrogen-bond acceptors (Lipinski definition) is 5. The molecular weight excluding hydrogens is 370 g/mol. The van der Waals surface area contributed by atoms with Gasteiger partial charge in [0.05, 0.1) is 4.88 Å². The average molecular weight is 390 g/mol. The van der Waals surface area contributed by atoms with Crippen LogP contribution >= 0.6 is 22.9 Å². The number of hydrogen-bond donors (Lipinski definition) is 2. The van der Waals surface area contributed by atoms with E-state index in [0.717, 1.165) is 16.0 Å². The molecular formula is C18H20ClN5OS. The van der Waals surface area contributed by atoms with Crippen molar-refractivity contribution >= 4 is 28.8 Å². The summed E-state index contributed by atoms with van der Waals surface area (Å²) in [5.74, 6) is -0.137. The van der Waals surface area contributed by atoms with Crippen LogP contribution in [0.3, 0.4) is 0 Å². The van der Waals surface area contributed by atoms with Crippen molar-refractivity contribution < 1.29 is 4.79 Å². The molecule has 2 heterocycles. The Kier molecular flexibility index (Phi) is 5.70. The van der Waals surface area contributed by atoms with E-state index in [2.05, 4.69) is 15.6 Å². The molecule has 1 amide bonds. The van der Waals surface area contributed by atoms with Crippen LogP contribution < -0.4 is 11.1 Å². The predicted molar refractivity (Wildman–Crippen MR) is 105 cm³/mol. The molecule has 0 radical (unpaired) electrons. The molecule has 3 N–H and O–H groups in total. The molecule has 136 valence electrons. The van der Waals surface area contributed by atoms with E-state index in [0.29, 0.717) is 28.7 Å². The quantitative estimate of drug-likeness (QED) is 0.678. The summed E-state index contributed by atoms with van der Waals surface area (Å²) in [4.78, 5) is 14.3. The summed E-state index contributed by atoms with van der Waals surface area (Å²) in [6.45, 7) is 2.32. The third kappa shape index (κ3) is 3.95. The third-order valence-electron chi connectivity index (χ3n) is 4.13. The lowest BCUT2D eigenvalue weighted by atomic mass is 10.1. The van der Waals surface area contributed by atoms with Crippen molar-refractivity contribution in [2.75, 3.05) is 6.54 Å². The van der Waals surface area contributed by atoms with Gasteiger partial charge in [-0.25, -0.2) is 4.68 Å². The van der Waals surface area contributed by atoms with Crippen molar-refractivity contribution in [3.8, 4) is 11.3 Å². The second kappa shape index (κ2) is 7.99. The highest BCUT2D eigenvalue weighted by atomic mass is 35.5. The molecule has 0 spiro atoms. The van der Waals surface area contributed by atoms with Gasteiger partial charge in [0, 0.05) is 30.1 Å². The van der Waals surface area contributed by atoms with E-state index in [4.69, 9.17) is 17.3 Å². The zero-order valence-corrected chi connectivity index (χ0v) is 16.1. The number of nitrogens with zero attached hydrogens (tertiary/aromatic N) is 3. The van der Waals surface area contributed by atoms with Crippen molar-refractivity contribution in [1.29, 1.82) is 0 Å². The molecule has 0 bridgehead atoms. The normalized spacial score (nSPS) is 12.2. The van der Waals surface area contributed by atoms with Gasteiger partial charge in [-0.05, 0) is 25.0 Å². The van der Waals surface area contributed by atoms with Crippen molar-refractivity contribution in [3.63, 3.8) is 0 Å². The minimum absolute atomic E-state index is 0.127. The van der Waals surface area contributed by atoms with Gasteiger partial charge in [-0.2, -0.15) is 0 Å². The van der Waals surface area contributed by atoms with Gasteiger partial charge in [-0.15, -0.1) is 16.4 Å². The Morgan fingerprint density at radius 2 is 2.12 bits per heavy atom.